The number of nitrogens with zero attached hydrogens (tertiary/aromatic N) is 3. The third-order valence-electron chi connectivity index (χ3n) is 4.76. The molecule has 0 spiro atoms. The number of halogens is 3. The lowest BCUT2D eigenvalue weighted by atomic mass is 10.1. The summed E-state index contributed by atoms with van der Waals surface area (Å²) < 4.78 is 49.1. The third-order valence-corrected chi connectivity index (χ3v) is 4.76. The number of hydrogen-bond donors (Lipinski definition) is 2. The van der Waals surface area contributed by atoms with Crippen molar-refractivity contribution in [1.82, 2.24) is 20.1 Å². The van der Waals surface area contributed by atoms with E-state index in [1.165, 1.54) is 36.5 Å². The molecule has 0 unspecified atom stereocenters. The fourth-order valence-electron chi connectivity index (χ4n) is 3.13. The molecule has 4 aromatic rings. The molecule has 0 saturated carbocycles. The van der Waals surface area contributed by atoms with Crippen molar-refractivity contribution in [2.24, 2.45) is 7.05 Å². The van der Waals surface area contributed by atoms with Gasteiger partial charge in [-0.3, -0.25) is 19.8 Å². The molecule has 3 amide bonds. The lowest BCUT2D eigenvalue weighted by Crippen LogP contribution is -2.35. The summed E-state index contributed by atoms with van der Waals surface area (Å²) in [4.78, 5) is 28.2. The minimum absolute atomic E-state index is 0.204. The van der Waals surface area contributed by atoms with Crippen LogP contribution >= 0.6 is 0 Å². The van der Waals surface area contributed by atoms with Crippen molar-refractivity contribution in [3.8, 4) is 22.8 Å². The average Bonchev–Trinajstić information content (AvgIpc) is 3.25. The summed E-state index contributed by atoms with van der Waals surface area (Å²) in [5.74, 6) is -3.30. The van der Waals surface area contributed by atoms with Crippen molar-refractivity contribution in [3.05, 3.63) is 90.1 Å². The zero-order valence-corrected chi connectivity index (χ0v) is 18.3. The van der Waals surface area contributed by atoms with Gasteiger partial charge in [-0.25, -0.2) is 18.0 Å². The number of amides is 3. The highest BCUT2D eigenvalue weighted by Gasteiger charge is 2.16. The highest BCUT2D eigenvalue weighted by Crippen LogP contribution is 2.30. The molecule has 0 aliphatic carbocycles. The van der Waals surface area contributed by atoms with Crippen LogP contribution in [0.25, 0.3) is 11.3 Å². The Balaban J connectivity index is 1.41. The number of aryl methyl sites for hydroxylation is 1. The Hall–Kier alpha value is -4.67. The molecule has 0 aliphatic rings. The van der Waals surface area contributed by atoms with Crippen molar-refractivity contribution in [2.75, 3.05) is 5.32 Å². The van der Waals surface area contributed by atoms with E-state index >= 15 is 0 Å². The van der Waals surface area contributed by atoms with Crippen LogP contribution in [0.1, 0.15) is 5.56 Å². The molecule has 2 aromatic heterocycles. The van der Waals surface area contributed by atoms with Gasteiger partial charge in [-0.05, 0) is 23.8 Å². The number of carbonyl (C=O) groups excluding carboxylic acids is 2. The second-order valence-corrected chi connectivity index (χ2v) is 7.45. The summed E-state index contributed by atoms with van der Waals surface area (Å²) in [6, 6.07) is 8.61. The van der Waals surface area contributed by atoms with Crippen LogP contribution in [0.15, 0.2) is 67.1 Å². The van der Waals surface area contributed by atoms with E-state index in [-0.39, 0.29) is 12.2 Å². The number of aromatic nitrogens is 3. The molecule has 0 fully saturated rings. The number of nitrogens with one attached hydrogen (secondary N) is 2. The topological polar surface area (TPSA) is 98.1 Å². The van der Waals surface area contributed by atoms with E-state index in [1.54, 1.807) is 30.2 Å². The van der Waals surface area contributed by atoms with Crippen LogP contribution in [0.4, 0.5) is 23.7 Å². The van der Waals surface area contributed by atoms with Gasteiger partial charge in [0.05, 0.1) is 24.0 Å². The number of rotatable bonds is 6. The first kappa shape index (κ1) is 23.5. The number of carbonyl (C=O) groups is 2. The van der Waals surface area contributed by atoms with Crippen molar-refractivity contribution in [2.45, 2.75) is 6.42 Å². The van der Waals surface area contributed by atoms with Gasteiger partial charge in [0, 0.05) is 43.2 Å². The monoisotopic (exact) mass is 481 g/mol. The molecule has 0 aliphatic heterocycles. The predicted molar refractivity (Wildman–Crippen MR) is 120 cm³/mol. The maximum absolute atomic E-state index is 14.6. The first-order valence-corrected chi connectivity index (χ1v) is 10.2. The maximum atomic E-state index is 14.6. The molecule has 0 radical (unpaired) electrons. The molecule has 2 heterocycles. The van der Waals surface area contributed by atoms with Crippen LogP contribution in [0, 0.1) is 17.5 Å². The second kappa shape index (κ2) is 10.1. The van der Waals surface area contributed by atoms with Gasteiger partial charge < -0.3 is 10.1 Å². The molecule has 35 heavy (non-hydrogen) atoms. The van der Waals surface area contributed by atoms with Gasteiger partial charge in [-0.2, -0.15) is 5.10 Å². The SMILES string of the molecule is Cn1cc(-c2cc(Oc3cc(F)c(NC(=O)NC(=O)Cc4ccc(F)cc4)cc3F)ccn2)cn1. The Morgan fingerprint density at radius 2 is 1.80 bits per heavy atom. The molecule has 0 bridgehead atoms. The van der Waals surface area contributed by atoms with Crippen LogP contribution < -0.4 is 15.4 Å². The highest BCUT2D eigenvalue weighted by molar-refractivity contribution is 6.01. The summed E-state index contributed by atoms with van der Waals surface area (Å²) in [5, 5.41) is 8.14. The van der Waals surface area contributed by atoms with Gasteiger partial charge >= 0.3 is 6.03 Å². The lowest BCUT2D eigenvalue weighted by Gasteiger charge is -2.11. The van der Waals surface area contributed by atoms with E-state index in [9.17, 15) is 22.8 Å². The first-order valence-electron chi connectivity index (χ1n) is 10.2. The third kappa shape index (κ3) is 6.02. The maximum Gasteiger partial charge on any atom is 0.325 e. The molecule has 2 N–H and O–H groups in total. The number of benzene rings is 2. The standard InChI is InChI=1S/C24H18F3N5O3/c1-32-13-15(12-29-32)20-9-17(6-7-28-20)35-22-11-18(26)21(10-19(22)27)30-24(34)31-23(33)8-14-2-4-16(25)5-3-14/h2-7,9-13H,8H2,1H3,(H2,30,31,33,34). The number of urea groups is 1. The number of hydrogen-bond acceptors (Lipinski definition) is 5. The highest BCUT2D eigenvalue weighted by atomic mass is 19.1. The van der Waals surface area contributed by atoms with Crippen LogP contribution in [0.2, 0.25) is 0 Å². The first-order chi connectivity index (χ1) is 16.8. The van der Waals surface area contributed by atoms with Gasteiger partial charge in [-0.15, -0.1) is 0 Å². The van der Waals surface area contributed by atoms with Crippen LogP contribution in [-0.2, 0) is 18.3 Å². The quantitative estimate of drug-likeness (QED) is 0.420. The molecular formula is C24H18F3N5O3. The van der Waals surface area contributed by atoms with E-state index in [0.717, 1.165) is 12.1 Å². The minimum atomic E-state index is -1.06. The molecule has 4 rings (SSSR count). The van der Waals surface area contributed by atoms with Gasteiger partial charge in [0.2, 0.25) is 5.91 Å². The van der Waals surface area contributed by atoms with Gasteiger partial charge in [0.15, 0.2) is 17.4 Å². The summed E-state index contributed by atoms with van der Waals surface area (Å²) in [5.41, 5.74) is 1.21. The van der Waals surface area contributed by atoms with Crippen molar-refractivity contribution < 1.29 is 27.5 Å². The average molecular weight is 481 g/mol. The molecule has 2 aromatic carbocycles. The van der Waals surface area contributed by atoms with Gasteiger partial charge in [0.1, 0.15) is 11.6 Å². The Kier molecular flexibility index (Phi) is 6.76. The number of pyridine rings is 1. The van der Waals surface area contributed by atoms with E-state index in [4.69, 9.17) is 4.74 Å². The van der Waals surface area contributed by atoms with Crippen LogP contribution in [0.3, 0.4) is 0 Å². The molecule has 0 saturated heterocycles. The smallest absolute Gasteiger partial charge is 0.325 e. The fourth-order valence-corrected chi connectivity index (χ4v) is 3.13. The molecule has 0 atom stereocenters. The zero-order chi connectivity index (χ0) is 24.9. The van der Waals surface area contributed by atoms with Crippen LogP contribution in [-0.4, -0.2) is 26.7 Å². The minimum Gasteiger partial charge on any atom is -0.454 e. The van der Waals surface area contributed by atoms with Gasteiger partial charge in [0.25, 0.3) is 0 Å². The van der Waals surface area contributed by atoms with E-state index in [0.29, 0.717) is 16.8 Å². The molecule has 8 nitrogen and oxygen atoms in total. The summed E-state index contributed by atoms with van der Waals surface area (Å²) >= 11 is 0. The Morgan fingerprint density at radius 3 is 2.51 bits per heavy atom. The summed E-state index contributed by atoms with van der Waals surface area (Å²) in [6.07, 6.45) is 4.59. The zero-order valence-electron chi connectivity index (χ0n) is 18.3. The van der Waals surface area contributed by atoms with Crippen LogP contribution in [0.5, 0.6) is 11.5 Å². The molecular weight excluding hydrogens is 463 g/mol. The Morgan fingerprint density at radius 1 is 1.03 bits per heavy atom. The van der Waals surface area contributed by atoms with E-state index < -0.39 is 40.8 Å². The van der Waals surface area contributed by atoms with Crippen molar-refractivity contribution in [3.63, 3.8) is 0 Å². The van der Waals surface area contributed by atoms with Gasteiger partial charge in [-0.1, -0.05) is 12.1 Å². The second-order valence-electron chi connectivity index (χ2n) is 7.45. The number of anilines is 1. The van der Waals surface area contributed by atoms with E-state index in [2.05, 4.69) is 15.4 Å². The molecule has 178 valence electrons. The lowest BCUT2D eigenvalue weighted by molar-refractivity contribution is -0.119. The number of imide groups is 1. The van der Waals surface area contributed by atoms with Crippen molar-refractivity contribution in [1.29, 1.82) is 0 Å². The normalized spacial score (nSPS) is 10.6. The summed E-state index contributed by atoms with van der Waals surface area (Å²) in [7, 11) is 1.75. The van der Waals surface area contributed by atoms with E-state index in [1.807, 2.05) is 5.32 Å². The Labute approximate surface area is 197 Å². The fraction of sp³-hybridized carbons (Fsp3) is 0.0833. The van der Waals surface area contributed by atoms with Crippen molar-refractivity contribution >= 4 is 17.6 Å². The summed E-state index contributed by atoms with van der Waals surface area (Å²) in [6.45, 7) is 0. The number of ether oxygens (including phenoxy) is 1. The molecule has 11 heteroatoms. The predicted octanol–water partition coefficient (Wildman–Crippen LogP) is 4.58. The largest absolute Gasteiger partial charge is 0.454 e. The Bertz CT molecular complexity index is 1390.